The third-order valence-electron chi connectivity index (χ3n) is 4.81. The standard InChI is InChI=1S/C19H25N5O4/c1-27-15-8-6-7-14(17(15)28-2)9-10-20-18-16(24(25)26)19(22-13-21-18)23-11-4-3-5-12-23/h6-8,13H,3-5,9-12H2,1-2H3,(H,20,21,22). The minimum atomic E-state index is -0.404. The van der Waals surface area contributed by atoms with Gasteiger partial charge in [0, 0.05) is 19.6 Å². The van der Waals surface area contributed by atoms with E-state index in [1.807, 2.05) is 23.1 Å². The van der Waals surface area contributed by atoms with Gasteiger partial charge in [0.2, 0.25) is 11.6 Å². The molecule has 0 amide bonds. The fourth-order valence-corrected chi connectivity index (χ4v) is 3.47. The number of methoxy groups -OCH3 is 2. The van der Waals surface area contributed by atoms with Crippen molar-refractivity contribution in [3.8, 4) is 11.5 Å². The third-order valence-corrected chi connectivity index (χ3v) is 4.81. The first-order valence-corrected chi connectivity index (χ1v) is 9.33. The van der Waals surface area contributed by atoms with Crippen LogP contribution >= 0.6 is 0 Å². The monoisotopic (exact) mass is 387 g/mol. The number of piperidine rings is 1. The van der Waals surface area contributed by atoms with Gasteiger partial charge in [-0.25, -0.2) is 9.97 Å². The summed E-state index contributed by atoms with van der Waals surface area (Å²) in [6, 6.07) is 5.66. The number of hydrogen-bond acceptors (Lipinski definition) is 8. The molecule has 0 saturated carbocycles. The second kappa shape index (κ2) is 9.20. The zero-order valence-electron chi connectivity index (χ0n) is 16.2. The van der Waals surface area contributed by atoms with Crippen molar-refractivity contribution in [3.63, 3.8) is 0 Å². The van der Waals surface area contributed by atoms with Crippen LogP contribution in [0, 0.1) is 10.1 Å². The Labute approximate surface area is 163 Å². The average molecular weight is 387 g/mol. The van der Waals surface area contributed by atoms with E-state index in [4.69, 9.17) is 9.47 Å². The Bertz CT molecular complexity index is 824. The van der Waals surface area contributed by atoms with Crippen LogP contribution in [0.2, 0.25) is 0 Å². The molecule has 150 valence electrons. The van der Waals surface area contributed by atoms with Gasteiger partial charge < -0.3 is 19.7 Å². The number of benzene rings is 1. The number of aromatic nitrogens is 2. The van der Waals surface area contributed by atoms with Crippen LogP contribution in [0.15, 0.2) is 24.5 Å². The summed E-state index contributed by atoms with van der Waals surface area (Å²) in [4.78, 5) is 21.6. The van der Waals surface area contributed by atoms with E-state index in [1.54, 1.807) is 14.2 Å². The van der Waals surface area contributed by atoms with Crippen LogP contribution < -0.4 is 19.7 Å². The normalized spacial score (nSPS) is 13.9. The maximum atomic E-state index is 11.7. The number of nitrogens with one attached hydrogen (secondary N) is 1. The largest absolute Gasteiger partial charge is 0.493 e. The predicted octanol–water partition coefficient (Wildman–Crippen LogP) is 3.05. The Balaban J connectivity index is 1.77. The molecule has 0 unspecified atom stereocenters. The van der Waals surface area contributed by atoms with E-state index in [0.717, 1.165) is 37.9 Å². The lowest BCUT2D eigenvalue weighted by Gasteiger charge is -2.27. The molecule has 1 aliphatic heterocycles. The van der Waals surface area contributed by atoms with E-state index in [1.165, 1.54) is 6.33 Å². The van der Waals surface area contributed by atoms with Crippen molar-refractivity contribution in [2.24, 2.45) is 0 Å². The van der Waals surface area contributed by atoms with Crippen molar-refractivity contribution in [2.45, 2.75) is 25.7 Å². The number of para-hydroxylation sites is 1. The lowest BCUT2D eigenvalue weighted by Crippen LogP contribution is -2.31. The molecule has 1 saturated heterocycles. The minimum Gasteiger partial charge on any atom is -0.493 e. The summed E-state index contributed by atoms with van der Waals surface area (Å²) in [6.45, 7) is 2.01. The fraction of sp³-hybridized carbons (Fsp3) is 0.474. The van der Waals surface area contributed by atoms with E-state index in [-0.39, 0.29) is 11.5 Å². The van der Waals surface area contributed by atoms with Crippen LogP contribution in [-0.2, 0) is 6.42 Å². The first-order valence-electron chi connectivity index (χ1n) is 9.33. The van der Waals surface area contributed by atoms with Gasteiger partial charge in [-0.05, 0) is 37.3 Å². The van der Waals surface area contributed by atoms with E-state index >= 15 is 0 Å². The van der Waals surface area contributed by atoms with Crippen LogP contribution in [0.3, 0.4) is 0 Å². The van der Waals surface area contributed by atoms with Gasteiger partial charge in [-0.2, -0.15) is 0 Å². The molecule has 9 nitrogen and oxygen atoms in total. The van der Waals surface area contributed by atoms with E-state index in [0.29, 0.717) is 30.3 Å². The Morgan fingerprint density at radius 2 is 1.96 bits per heavy atom. The highest BCUT2D eigenvalue weighted by molar-refractivity contribution is 5.70. The first kappa shape index (κ1) is 19.7. The Kier molecular flexibility index (Phi) is 6.46. The Morgan fingerprint density at radius 1 is 1.18 bits per heavy atom. The predicted molar refractivity (Wildman–Crippen MR) is 106 cm³/mol. The van der Waals surface area contributed by atoms with E-state index in [9.17, 15) is 10.1 Å². The molecule has 1 N–H and O–H groups in total. The molecule has 2 heterocycles. The Morgan fingerprint density at radius 3 is 2.64 bits per heavy atom. The molecule has 3 rings (SSSR count). The molecular weight excluding hydrogens is 362 g/mol. The number of nitro groups is 1. The molecule has 2 aromatic rings. The van der Waals surface area contributed by atoms with E-state index < -0.39 is 4.92 Å². The summed E-state index contributed by atoms with van der Waals surface area (Å²) < 4.78 is 10.8. The quantitative estimate of drug-likeness (QED) is 0.545. The molecule has 0 spiro atoms. The van der Waals surface area contributed by atoms with Crippen LogP contribution in [0.4, 0.5) is 17.3 Å². The highest BCUT2D eigenvalue weighted by Gasteiger charge is 2.27. The highest BCUT2D eigenvalue weighted by Crippen LogP contribution is 2.34. The molecule has 1 aromatic heterocycles. The zero-order chi connectivity index (χ0) is 19.9. The van der Waals surface area contributed by atoms with Gasteiger partial charge in [0.25, 0.3) is 0 Å². The van der Waals surface area contributed by atoms with Crippen molar-refractivity contribution in [1.82, 2.24) is 9.97 Å². The molecule has 9 heteroatoms. The SMILES string of the molecule is COc1cccc(CCNc2ncnc(N3CCCCC3)c2[N+](=O)[O-])c1OC. The fourth-order valence-electron chi connectivity index (χ4n) is 3.47. The van der Waals surface area contributed by atoms with Gasteiger partial charge in [0.05, 0.1) is 19.1 Å². The van der Waals surface area contributed by atoms with Crippen molar-refractivity contribution >= 4 is 17.3 Å². The van der Waals surface area contributed by atoms with Gasteiger partial charge in [-0.3, -0.25) is 10.1 Å². The summed E-state index contributed by atoms with van der Waals surface area (Å²) in [7, 11) is 3.18. The molecular formula is C19H25N5O4. The second-order valence-electron chi connectivity index (χ2n) is 6.53. The number of anilines is 2. The van der Waals surface area contributed by atoms with Gasteiger partial charge in [0.15, 0.2) is 11.5 Å². The molecule has 0 atom stereocenters. The molecule has 1 fully saturated rings. The summed E-state index contributed by atoms with van der Waals surface area (Å²) in [5.74, 6) is 1.95. The smallest absolute Gasteiger partial charge is 0.353 e. The molecule has 0 aliphatic carbocycles. The summed E-state index contributed by atoms with van der Waals surface area (Å²) in [6.07, 6.45) is 5.15. The molecule has 1 aliphatic rings. The molecule has 0 radical (unpaired) electrons. The Hall–Kier alpha value is -3.10. The number of rotatable bonds is 8. The lowest BCUT2D eigenvalue weighted by molar-refractivity contribution is -0.383. The maximum absolute atomic E-state index is 11.7. The second-order valence-corrected chi connectivity index (χ2v) is 6.53. The van der Waals surface area contributed by atoms with Gasteiger partial charge in [-0.15, -0.1) is 0 Å². The summed E-state index contributed by atoms with van der Waals surface area (Å²) in [5, 5.41) is 14.8. The van der Waals surface area contributed by atoms with Crippen LogP contribution in [0.1, 0.15) is 24.8 Å². The summed E-state index contributed by atoms with van der Waals surface area (Å²) in [5.41, 5.74) is 0.879. The average Bonchev–Trinajstić information content (AvgIpc) is 2.73. The third kappa shape index (κ3) is 4.24. The van der Waals surface area contributed by atoms with Crippen LogP contribution in [-0.4, -0.2) is 48.7 Å². The molecule has 0 bridgehead atoms. The van der Waals surface area contributed by atoms with Gasteiger partial charge in [-0.1, -0.05) is 12.1 Å². The number of hydrogen-bond donors (Lipinski definition) is 1. The number of nitrogens with zero attached hydrogens (tertiary/aromatic N) is 4. The van der Waals surface area contributed by atoms with Crippen molar-refractivity contribution in [1.29, 1.82) is 0 Å². The van der Waals surface area contributed by atoms with Gasteiger partial charge in [0.1, 0.15) is 6.33 Å². The van der Waals surface area contributed by atoms with Crippen LogP contribution in [0.25, 0.3) is 0 Å². The minimum absolute atomic E-state index is 0.0676. The summed E-state index contributed by atoms with van der Waals surface area (Å²) >= 11 is 0. The van der Waals surface area contributed by atoms with Crippen LogP contribution in [0.5, 0.6) is 11.5 Å². The van der Waals surface area contributed by atoms with Crippen molar-refractivity contribution in [2.75, 3.05) is 44.1 Å². The highest BCUT2D eigenvalue weighted by atomic mass is 16.6. The van der Waals surface area contributed by atoms with Gasteiger partial charge >= 0.3 is 5.69 Å². The number of ether oxygens (including phenoxy) is 2. The molecule has 28 heavy (non-hydrogen) atoms. The molecule has 1 aromatic carbocycles. The van der Waals surface area contributed by atoms with Crippen molar-refractivity contribution < 1.29 is 14.4 Å². The van der Waals surface area contributed by atoms with E-state index in [2.05, 4.69) is 15.3 Å². The zero-order valence-corrected chi connectivity index (χ0v) is 16.2. The maximum Gasteiger partial charge on any atom is 0.353 e. The first-order chi connectivity index (χ1) is 13.7. The van der Waals surface area contributed by atoms with Crippen molar-refractivity contribution in [3.05, 3.63) is 40.2 Å². The lowest BCUT2D eigenvalue weighted by atomic mass is 10.1. The topological polar surface area (TPSA) is 103 Å².